The summed E-state index contributed by atoms with van der Waals surface area (Å²) in [5, 5.41) is 15.1. The number of hydrogen-bond acceptors (Lipinski definition) is 4. The second-order valence-corrected chi connectivity index (χ2v) is 7.80. The predicted molar refractivity (Wildman–Crippen MR) is 97.0 cm³/mol. The van der Waals surface area contributed by atoms with Crippen molar-refractivity contribution in [2.45, 2.75) is 63.3 Å². The molecule has 0 atom stereocenters. The van der Waals surface area contributed by atoms with E-state index in [2.05, 4.69) is 5.16 Å². The molecule has 1 aromatic carbocycles. The summed E-state index contributed by atoms with van der Waals surface area (Å²) in [7, 11) is 0. The molecule has 2 aromatic rings. The van der Waals surface area contributed by atoms with Crippen molar-refractivity contribution >= 4 is 23.2 Å². The Labute approximate surface area is 157 Å². The first-order chi connectivity index (χ1) is 12.1. The van der Waals surface area contributed by atoms with Crippen molar-refractivity contribution in [2.75, 3.05) is 0 Å². The minimum atomic E-state index is -0.185. The molecule has 4 rings (SSSR count). The fourth-order valence-corrected chi connectivity index (χ4v) is 4.04. The molecule has 0 aliphatic heterocycles. The first-order valence-corrected chi connectivity index (χ1v) is 9.61. The van der Waals surface area contributed by atoms with E-state index in [0.717, 1.165) is 49.8 Å². The normalized spacial score (nSPS) is 23.8. The van der Waals surface area contributed by atoms with Crippen LogP contribution in [0.2, 0.25) is 10.0 Å². The number of ether oxygens (including phenoxy) is 1. The minimum Gasteiger partial charge on any atom is -0.393 e. The zero-order valence-corrected chi connectivity index (χ0v) is 15.4. The van der Waals surface area contributed by atoms with Crippen molar-refractivity contribution in [1.82, 2.24) is 5.16 Å². The Morgan fingerprint density at radius 2 is 1.76 bits per heavy atom. The van der Waals surface area contributed by atoms with E-state index in [9.17, 15) is 5.11 Å². The lowest BCUT2D eigenvalue weighted by Crippen LogP contribution is -2.24. The van der Waals surface area contributed by atoms with Gasteiger partial charge in [-0.1, -0.05) is 34.4 Å². The number of nitrogens with zero attached hydrogens (tertiary/aromatic N) is 1. The molecule has 1 N–H and O–H groups in total. The van der Waals surface area contributed by atoms with Crippen LogP contribution in [0.3, 0.4) is 0 Å². The van der Waals surface area contributed by atoms with Crippen LogP contribution in [-0.2, 0) is 11.3 Å². The standard InChI is InChI=1S/C19H21Cl2NO3/c20-15-2-1-3-16(21)17(15)18-14(19(25-22-18)11-4-5-11)10-24-13-8-6-12(23)7-9-13/h1-3,11-13,23H,4-10H2/t12-,13+. The van der Waals surface area contributed by atoms with E-state index in [4.69, 9.17) is 32.5 Å². The fourth-order valence-electron chi connectivity index (χ4n) is 3.46. The predicted octanol–water partition coefficient (Wildman–Crippen LogP) is 5.35. The molecule has 0 bridgehead atoms. The average molecular weight is 382 g/mol. The molecule has 0 spiro atoms. The maximum absolute atomic E-state index is 9.65. The van der Waals surface area contributed by atoms with Crippen LogP contribution in [0.4, 0.5) is 0 Å². The van der Waals surface area contributed by atoms with Crippen LogP contribution < -0.4 is 0 Å². The summed E-state index contributed by atoms with van der Waals surface area (Å²) in [5.74, 6) is 1.33. The second kappa shape index (κ2) is 7.28. The summed E-state index contributed by atoms with van der Waals surface area (Å²) >= 11 is 12.7. The lowest BCUT2D eigenvalue weighted by atomic mass is 9.95. The molecule has 2 aliphatic carbocycles. The van der Waals surface area contributed by atoms with Crippen molar-refractivity contribution in [3.63, 3.8) is 0 Å². The molecule has 134 valence electrons. The topological polar surface area (TPSA) is 55.5 Å². The van der Waals surface area contributed by atoms with Gasteiger partial charge in [0.05, 0.1) is 28.9 Å². The Balaban J connectivity index is 1.60. The molecule has 2 fully saturated rings. The molecule has 2 aliphatic rings. The molecule has 0 saturated heterocycles. The summed E-state index contributed by atoms with van der Waals surface area (Å²) in [6.07, 6.45) is 5.58. The Morgan fingerprint density at radius 3 is 2.40 bits per heavy atom. The van der Waals surface area contributed by atoms with Crippen molar-refractivity contribution in [1.29, 1.82) is 0 Å². The van der Waals surface area contributed by atoms with Crippen LogP contribution >= 0.6 is 23.2 Å². The lowest BCUT2D eigenvalue weighted by molar-refractivity contribution is -0.0121. The number of aromatic nitrogens is 1. The summed E-state index contributed by atoms with van der Waals surface area (Å²) in [6.45, 7) is 0.437. The highest BCUT2D eigenvalue weighted by Crippen LogP contribution is 2.46. The monoisotopic (exact) mass is 381 g/mol. The average Bonchev–Trinajstić information content (AvgIpc) is 3.36. The zero-order chi connectivity index (χ0) is 17.4. The largest absolute Gasteiger partial charge is 0.393 e. The number of rotatable bonds is 5. The lowest BCUT2D eigenvalue weighted by Gasteiger charge is -2.25. The van der Waals surface area contributed by atoms with Crippen LogP contribution in [0, 0.1) is 0 Å². The summed E-state index contributed by atoms with van der Waals surface area (Å²) in [6, 6.07) is 5.43. The van der Waals surface area contributed by atoms with E-state index >= 15 is 0 Å². The number of aliphatic hydroxyl groups is 1. The molecule has 4 nitrogen and oxygen atoms in total. The van der Waals surface area contributed by atoms with E-state index in [0.29, 0.717) is 33.8 Å². The van der Waals surface area contributed by atoms with Crippen LogP contribution in [0.1, 0.15) is 55.8 Å². The van der Waals surface area contributed by atoms with Crippen molar-refractivity contribution in [3.8, 4) is 11.3 Å². The van der Waals surface area contributed by atoms with Gasteiger partial charge in [0.25, 0.3) is 0 Å². The Kier molecular flexibility index (Phi) is 5.05. The van der Waals surface area contributed by atoms with Gasteiger partial charge >= 0.3 is 0 Å². The second-order valence-electron chi connectivity index (χ2n) is 6.99. The van der Waals surface area contributed by atoms with Gasteiger partial charge in [-0.3, -0.25) is 0 Å². The SMILES string of the molecule is O[C@H]1CC[C@@H](OCc2c(-c3c(Cl)cccc3Cl)noc2C2CC2)CC1. The Morgan fingerprint density at radius 1 is 1.08 bits per heavy atom. The van der Waals surface area contributed by atoms with Gasteiger partial charge in [0.2, 0.25) is 0 Å². The van der Waals surface area contributed by atoms with E-state index in [-0.39, 0.29) is 12.2 Å². The van der Waals surface area contributed by atoms with Crippen LogP contribution in [-0.4, -0.2) is 22.5 Å². The molecule has 0 unspecified atom stereocenters. The third kappa shape index (κ3) is 3.72. The first kappa shape index (κ1) is 17.3. The van der Waals surface area contributed by atoms with Crippen molar-refractivity contribution < 1.29 is 14.4 Å². The maximum atomic E-state index is 9.65. The highest BCUT2D eigenvalue weighted by Gasteiger charge is 2.34. The third-order valence-corrected chi connectivity index (χ3v) is 5.70. The Bertz CT molecular complexity index is 729. The number of aliphatic hydroxyl groups excluding tert-OH is 1. The molecule has 25 heavy (non-hydrogen) atoms. The van der Waals surface area contributed by atoms with E-state index in [1.54, 1.807) is 12.1 Å². The van der Waals surface area contributed by atoms with Crippen molar-refractivity contribution in [2.24, 2.45) is 0 Å². The summed E-state index contributed by atoms with van der Waals surface area (Å²) < 4.78 is 11.8. The van der Waals surface area contributed by atoms with Crippen LogP contribution in [0.25, 0.3) is 11.3 Å². The summed E-state index contributed by atoms with van der Waals surface area (Å²) in [5.41, 5.74) is 2.36. The van der Waals surface area contributed by atoms with E-state index < -0.39 is 0 Å². The first-order valence-electron chi connectivity index (χ1n) is 8.86. The van der Waals surface area contributed by atoms with Crippen molar-refractivity contribution in [3.05, 3.63) is 39.6 Å². The number of hydrogen-bond donors (Lipinski definition) is 1. The summed E-state index contributed by atoms with van der Waals surface area (Å²) in [4.78, 5) is 0. The van der Waals surface area contributed by atoms with Gasteiger partial charge < -0.3 is 14.4 Å². The number of benzene rings is 1. The molecule has 1 heterocycles. The molecular formula is C19H21Cl2NO3. The Hall–Kier alpha value is -1.07. The highest BCUT2D eigenvalue weighted by molar-refractivity contribution is 6.39. The van der Waals surface area contributed by atoms with E-state index in [1.807, 2.05) is 6.07 Å². The molecule has 0 radical (unpaired) electrons. The van der Waals surface area contributed by atoms with Crippen LogP contribution in [0.5, 0.6) is 0 Å². The fraction of sp³-hybridized carbons (Fsp3) is 0.526. The molecule has 6 heteroatoms. The van der Waals surface area contributed by atoms with Gasteiger partial charge in [-0.15, -0.1) is 0 Å². The molecule has 2 saturated carbocycles. The van der Waals surface area contributed by atoms with Gasteiger partial charge in [-0.05, 0) is 50.7 Å². The quantitative estimate of drug-likeness (QED) is 0.758. The van der Waals surface area contributed by atoms with Crippen LogP contribution in [0.15, 0.2) is 22.7 Å². The molecule has 1 aromatic heterocycles. The third-order valence-electron chi connectivity index (χ3n) is 5.07. The van der Waals surface area contributed by atoms with Gasteiger partial charge in [0.15, 0.2) is 0 Å². The zero-order valence-electron chi connectivity index (χ0n) is 13.9. The van der Waals surface area contributed by atoms with Gasteiger partial charge in [-0.25, -0.2) is 0 Å². The number of halogens is 2. The highest BCUT2D eigenvalue weighted by atomic mass is 35.5. The maximum Gasteiger partial charge on any atom is 0.145 e. The van der Waals surface area contributed by atoms with Gasteiger partial charge in [0.1, 0.15) is 11.5 Å². The smallest absolute Gasteiger partial charge is 0.145 e. The molecule has 0 amide bonds. The van der Waals surface area contributed by atoms with E-state index in [1.165, 1.54) is 0 Å². The van der Waals surface area contributed by atoms with Gasteiger partial charge in [-0.2, -0.15) is 0 Å². The molecular weight excluding hydrogens is 361 g/mol. The van der Waals surface area contributed by atoms with Gasteiger partial charge in [0, 0.05) is 17.0 Å². The minimum absolute atomic E-state index is 0.167.